The highest BCUT2D eigenvalue weighted by Crippen LogP contribution is 2.45. The van der Waals surface area contributed by atoms with E-state index >= 15 is 0 Å². The third-order valence-electron chi connectivity index (χ3n) is 7.87. The van der Waals surface area contributed by atoms with Gasteiger partial charge in [-0.3, -0.25) is 14.5 Å². The van der Waals surface area contributed by atoms with Crippen molar-refractivity contribution in [2.45, 2.75) is 44.5 Å². The fraction of sp³-hybridized carbons (Fsp3) is 0.226. The lowest BCUT2D eigenvalue weighted by molar-refractivity contribution is -0.141. The van der Waals surface area contributed by atoms with E-state index in [9.17, 15) is 29.4 Å². The van der Waals surface area contributed by atoms with Gasteiger partial charge in [0.15, 0.2) is 6.04 Å². The molecule has 4 atom stereocenters. The number of aromatic nitrogens is 1. The highest BCUT2D eigenvalue weighted by Gasteiger charge is 2.53. The quantitative estimate of drug-likeness (QED) is 0.270. The van der Waals surface area contributed by atoms with E-state index in [0.717, 1.165) is 38.2 Å². The van der Waals surface area contributed by atoms with E-state index in [1.165, 1.54) is 19.1 Å². The molecule has 2 aliphatic rings. The third kappa shape index (κ3) is 4.23. The summed E-state index contributed by atoms with van der Waals surface area (Å²) in [4.78, 5) is 59.1. The maximum Gasteiger partial charge on any atom is 0.332 e. The number of H-pyrrole nitrogens is 1. The zero-order valence-corrected chi connectivity index (χ0v) is 22.4. The zero-order chi connectivity index (χ0) is 29.0. The van der Waals surface area contributed by atoms with E-state index in [1.54, 1.807) is 17.0 Å². The number of para-hydroxylation sites is 2. The number of carboxylic acids is 1. The molecule has 0 saturated carbocycles. The molecule has 2 aliphatic heterocycles. The fourth-order valence-corrected chi connectivity index (χ4v) is 5.86. The predicted octanol–water partition coefficient (Wildman–Crippen LogP) is 3.52. The van der Waals surface area contributed by atoms with Crippen molar-refractivity contribution in [2.24, 2.45) is 0 Å². The van der Waals surface area contributed by atoms with E-state index in [-0.39, 0.29) is 11.3 Å². The average Bonchev–Trinajstić information content (AvgIpc) is 3.45. The molecule has 3 aromatic carbocycles. The molecule has 0 unspecified atom stereocenters. The molecular weight excluding hydrogens is 524 g/mol. The molecule has 208 valence electrons. The van der Waals surface area contributed by atoms with Crippen molar-refractivity contribution in [1.29, 1.82) is 0 Å². The third-order valence-corrected chi connectivity index (χ3v) is 7.87. The van der Waals surface area contributed by atoms with Gasteiger partial charge >= 0.3 is 12.0 Å². The predicted molar refractivity (Wildman–Crippen MR) is 151 cm³/mol. The molecule has 10 nitrogen and oxygen atoms in total. The average molecular weight is 553 g/mol. The maximum atomic E-state index is 14.2. The molecule has 1 aromatic heterocycles. The number of rotatable bonds is 6. The molecule has 0 bridgehead atoms. The first-order valence-electron chi connectivity index (χ1n) is 13.3. The molecule has 4 aromatic rings. The number of aromatic amines is 1. The Bertz CT molecular complexity index is 1710. The van der Waals surface area contributed by atoms with Crippen LogP contribution < -0.4 is 10.2 Å². The van der Waals surface area contributed by atoms with Crippen LogP contribution in [0.25, 0.3) is 10.9 Å². The summed E-state index contributed by atoms with van der Waals surface area (Å²) in [5, 5.41) is 22.6. The Morgan fingerprint density at radius 3 is 2.39 bits per heavy atom. The minimum absolute atomic E-state index is 0.0420. The number of aryl methyl sites for hydroxylation is 1. The molecule has 0 spiro atoms. The Morgan fingerprint density at radius 2 is 1.68 bits per heavy atom. The molecular formula is C31H28N4O6. The largest absolute Gasteiger partial charge is 0.480 e. The fourth-order valence-electron chi connectivity index (χ4n) is 5.86. The second kappa shape index (κ2) is 9.90. The normalized spacial score (nSPS) is 19.6. The van der Waals surface area contributed by atoms with Crippen molar-refractivity contribution in [3.63, 3.8) is 0 Å². The summed E-state index contributed by atoms with van der Waals surface area (Å²) >= 11 is 0. The minimum Gasteiger partial charge on any atom is -0.480 e. The first kappa shape index (κ1) is 26.3. The lowest BCUT2D eigenvalue weighted by Gasteiger charge is -2.36. The number of aliphatic hydroxyl groups is 1. The number of carbonyl (C=O) groups excluding carboxylic acids is 3. The Labute approximate surface area is 235 Å². The molecule has 4 N–H and O–H groups in total. The molecule has 0 aliphatic carbocycles. The molecule has 0 radical (unpaired) electrons. The molecule has 6 rings (SSSR count). The Kier molecular flexibility index (Phi) is 6.34. The second-order valence-electron chi connectivity index (χ2n) is 10.5. The van der Waals surface area contributed by atoms with Gasteiger partial charge in [-0.05, 0) is 43.2 Å². The number of hydrogen-bond acceptors (Lipinski definition) is 5. The van der Waals surface area contributed by atoms with Crippen LogP contribution in [-0.2, 0) is 16.0 Å². The van der Waals surface area contributed by atoms with E-state index < -0.39 is 48.0 Å². The van der Waals surface area contributed by atoms with Crippen LogP contribution in [0.15, 0.2) is 72.8 Å². The van der Waals surface area contributed by atoms with Crippen LogP contribution >= 0.6 is 0 Å². The summed E-state index contributed by atoms with van der Waals surface area (Å²) in [5.74, 6) is -2.72. The number of imide groups is 1. The summed E-state index contributed by atoms with van der Waals surface area (Å²) in [6, 6.07) is 18.1. The molecule has 3 heterocycles. The SMILES string of the molecule is Cc1ccc([C@H]2c3[nH]c4ccccc4c3C[C@H]3C(=O)N(c4ccccc4C(=O)N[C@@H](C(=O)O)[C@@H](C)O)C(=O)N23)cc1. The number of fused-ring (bicyclic) bond motifs is 4. The van der Waals surface area contributed by atoms with Crippen LogP contribution in [0.3, 0.4) is 0 Å². The van der Waals surface area contributed by atoms with Crippen molar-refractivity contribution in [3.8, 4) is 0 Å². The van der Waals surface area contributed by atoms with Gasteiger partial charge in [-0.15, -0.1) is 0 Å². The maximum absolute atomic E-state index is 14.2. The second-order valence-corrected chi connectivity index (χ2v) is 10.5. The Balaban J connectivity index is 1.44. The standard InChI is InChI=1S/C31H28N4O6/c1-16-11-13-18(14-12-16)27-26-21(19-7-3-5-9-22(19)32-26)15-24-29(38)35(31(41)34(24)27)23-10-6-4-8-20(23)28(37)33-25(17(2)36)30(39)40/h3-14,17,24-25,27,32,36H,15H2,1-2H3,(H,33,37)(H,39,40)/t17-,24+,25-,27+/m1/s1. The van der Waals surface area contributed by atoms with Gasteiger partial charge in [0.1, 0.15) is 12.1 Å². The number of aliphatic hydroxyl groups excluding tert-OH is 1. The van der Waals surface area contributed by atoms with Crippen LogP contribution in [0.4, 0.5) is 10.5 Å². The van der Waals surface area contributed by atoms with E-state index in [0.29, 0.717) is 6.42 Å². The number of carboxylic acid groups (broad SMARTS) is 1. The van der Waals surface area contributed by atoms with Crippen molar-refractivity contribution in [3.05, 3.63) is 101 Å². The first-order chi connectivity index (χ1) is 19.7. The highest BCUT2D eigenvalue weighted by molar-refractivity contribution is 6.24. The van der Waals surface area contributed by atoms with Crippen molar-refractivity contribution >= 4 is 40.4 Å². The summed E-state index contributed by atoms with van der Waals surface area (Å²) in [7, 11) is 0. The van der Waals surface area contributed by atoms with Gasteiger partial charge in [0.05, 0.1) is 17.4 Å². The monoisotopic (exact) mass is 552 g/mol. The van der Waals surface area contributed by atoms with E-state index in [1.807, 2.05) is 55.5 Å². The summed E-state index contributed by atoms with van der Waals surface area (Å²) in [6.45, 7) is 3.22. The number of benzene rings is 3. The Morgan fingerprint density at radius 1 is 1.00 bits per heavy atom. The number of anilines is 1. The number of nitrogens with zero attached hydrogens (tertiary/aromatic N) is 2. The number of hydrogen-bond donors (Lipinski definition) is 4. The van der Waals surface area contributed by atoms with Gasteiger partial charge in [-0.2, -0.15) is 0 Å². The molecule has 4 amide bonds. The highest BCUT2D eigenvalue weighted by atomic mass is 16.4. The van der Waals surface area contributed by atoms with Gasteiger partial charge < -0.3 is 20.5 Å². The van der Waals surface area contributed by atoms with Gasteiger partial charge in [-0.1, -0.05) is 60.2 Å². The number of nitrogens with one attached hydrogen (secondary N) is 2. The summed E-state index contributed by atoms with van der Waals surface area (Å²) in [6.07, 6.45) is -1.08. The summed E-state index contributed by atoms with van der Waals surface area (Å²) < 4.78 is 0. The van der Waals surface area contributed by atoms with Gasteiger partial charge in [0, 0.05) is 23.0 Å². The van der Waals surface area contributed by atoms with Crippen LogP contribution in [0, 0.1) is 6.92 Å². The zero-order valence-electron chi connectivity index (χ0n) is 22.4. The molecule has 41 heavy (non-hydrogen) atoms. The van der Waals surface area contributed by atoms with Gasteiger partial charge in [0.2, 0.25) is 0 Å². The van der Waals surface area contributed by atoms with Gasteiger partial charge in [0.25, 0.3) is 11.8 Å². The lowest BCUT2D eigenvalue weighted by atomic mass is 9.88. The van der Waals surface area contributed by atoms with Crippen molar-refractivity contribution < 1.29 is 29.4 Å². The minimum atomic E-state index is -1.57. The topological polar surface area (TPSA) is 143 Å². The van der Waals surface area contributed by atoms with Crippen LogP contribution in [0.1, 0.15) is 45.7 Å². The molecule has 1 saturated heterocycles. The number of carbonyl (C=O) groups is 4. The van der Waals surface area contributed by atoms with Crippen molar-refractivity contribution in [1.82, 2.24) is 15.2 Å². The van der Waals surface area contributed by atoms with Crippen LogP contribution in [0.2, 0.25) is 0 Å². The summed E-state index contributed by atoms with van der Waals surface area (Å²) in [5.41, 5.74) is 4.59. The van der Waals surface area contributed by atoms with Crippen molar-refractivity contribution in [2.75, 3.05) is 4.90 Å². The number of aliphatic carboxylic acids is 1. The number of amides is 4. The van der Waals surface area contributed by atoms with Crippen LogP contribution in [0.5, 0.6) is 0 Å². The molecule has 10 heteroatoms. The van der Waals surface area contributed by atoms with E-state index in [2.05, 4.69) is 10.3 Å². The Hall–Kier alpha value is -4.96. The van der Waals surface area contributed by atoms with Gasteiger partial charge in [-0.25, -0.2) is 14.5 Å². The number of urea groups is 1. The lowest BCUT2D eigenvalue weighted by Crippen LogP contribution is -2.48. The smallest absolute Gasteiger partial charge is 0.332 e. The first-order valence-corrected chi connectivity index (χ1v) is 13.3. The van der Waals surface area contributed by atoms with E-state index in [4.69, 9.17) is 0 Å². The molecule has 1 fully saturated rings. The van der Waals surface area contributed by atoms with Crippen LogP contribution in [-0.4, -0.2) is 62.1 Å².